The van der Waals surface area contributed by atoms with E-state index in [0.717, 1.165) is 6.42 Å². The molecule has 0 aliphatic heterocycles. The zero-order chi connectivity index (χ0) is 10.3. The van der Waals surface area contributed by atoms with Gasteiger partial charge >= 0.3 is 0 Å². The van der Waals surface area contributed by atoms with Crippen LogP contribution in [0.5, 0.6) is 0 Å². The van der Waals surface area contributed by atoms with Gasteiger partial charge in [-0.3, -0.25) is 9.59 Å². The second-order valence-electron chi connectivity index (χ2n) is 3.05. The van der Waals surface area contributed by atoms with Crippen LogP contribution >= 0.6 is 0 Å². The van der Waals surface area contributed by atoms with Crippen LogP contribution in [0.2, 0.25) is 0 Å². The molecule has 0 aliphatic carbocycles. The predicted octanol–water partition coefficient (Wildman–Crippen LogP) is 0.100. The van der Waals surface area contributed by atoms with E-state index < -0.39 is 5.92 Å². The summed E-state index contributed by atoms with van der Waals surface area (Å²) in [6.45, 7) is 3.65. The monoisotopic (exact) mass is 187 g/mol. The summed E-state index contributed by atoms with van der Waals surface area (Å²) in [7, 11) is 0. The maximum Gasteiger partial charge on any atom is 0.230 e. The van der Waals surface area contributed by atoms with Crippen molar-refractivity contribution in [3.05, 3.63) is 0 Å². The molecule has 0 rings (SSSR count). The Labute approximate surface area is 78.3 Å². The minimum atomic E-state index is -0.561. The molecule has 0 aliphatic rings. The fraction of sp³-hybridized carbons (Fsp3) is 0.778. The van der Waals surface area contributed by atoms with Crippen LogP contribution in [0.3, 0.4) is 0 Å². The lowest BCUT2D eigenvalue weighted by Crippen LogP contribution is -2.33. The van der Waals surface area contributed by atoms with Crippen LogP contribution in [0.4, 0.5) is 0 Å². The molecule has 2 N–H and O–H groups in total. The summed E-state index contributed by atoms with van der Waals surface area (Å²) in [6.07, 6.45) is 1.42. The van der Waals surface area contributed by atoms with Crippen molar-refractivity contribution in [1.29, 1.82) is 0 Å². The summed E-state index contributed by atoms with van der Waals surface area (Å²) in [4.78, 5) is 21.9. The number of carbonyl (C=O) groups is 2. The highest BCUT2D eigenvalue weighted by Crippen LogP contribution is 1.96. The second-order valence-corrected chi connectivity index (χ2v) is 3.05. The summed E-state index contributed by atoms with van der Waals surface area (Å²) in [6, 6.07) is 0. The van der Waals surface area contributed by atoms with Crippen molar-refractivity contribution in [2.75, 3.05) is 13.2 Å². The number of ketones is 1. The fourth-order valence-electron chi connectivity index (χ4n) is 0.786. The molecule has 0 saturated heterocycles. The molecular weight excluding hydrogens is 170 g/mol. The normalized spacial score (nSPS) is 12.2. The maximum atomic E-state index is 11.2. The number of aliphatic hydroxyl groups is 1. The van der Waals surface area contributed by atoms with Gasteiger partial charge in [-0.2, -0.15) is 0 Å². The molecule has 1 amide bonds. The molecule has 0 spiro atoms. The lowest BCUT2D eigenvalue weighted by molar-refractivity contribution is -0.132. The Hall–Kier alpha value is -0.900. The molecule has 0 aromatic heterocycles. The van der Waals surface area contributed by atoms with Crippen LogP contribution in [0.1, 0.15) is 26.7 Å². The van der Waals surface area contributed by atoms with Crippen molar-refractivity contribution in [2.24, 2.45) is 5.92 Å². The molecule has 0 aromatic carbocycles. The van der Waals surface area contributed by atoms with Gasteiger partial charge in [0.1, 0.15) is 5.78 Å². The molecule has 0 fully saturated rings. The second kappa shape index (κ2) is 6.60. The zero-order valence-corrected chi connectivity index (χ0v) is 8.17. The number of amides is 1. The first-order valence-corrected chi connectivity index (χ1v) is 4.48. The van der Waals surface area contributed by atoms with Crippen LogP contribution in [0.15, 0.2) is 0 Å². The molecule has 0 saturated carbocycles. The number of nitrogens with one attached hydrogen (secondary N) is 1. The van der Waals surface area contributed by atoms with Crippen LogP contribution in [-0.4, -0.2) is 29.9 Å². The number of hydrogen-bond donors (Lipinski definition) is 2. The van der Waals surface area contributed by atoms with Gasteiger partial charge in [-0.1, -0.05) is 0 Å². The summed E-state index contributed by atoms with van der Waals surface area (Å²) in [5.41, 5.74) is 0. The minimum absolute atomic E-state index is 0.125. The van der Waals surface area contributed by atoms with Gasteiger partial charge in [0, 0.05) is 13.2 Å². The summed E-state index contributed by atoms with van der Waals surface area (Å²) >= 11 is 0. The van der Waals surface area contributed by atoms with Crippen molar-refractivity contribution in [3.63, 3.8) is 0 Å². The van der Waals surface area contributed by atoms with E-state index in [0.29, 0.717) is 13.0 Å². The van der Waals surface area contributed by atoms with Gasteiger partial charge in [0.25, 0.3) is 0 Å². The van der Waals surface area contributed by atoms with Crippen molar-refractivity contribution < 1.29 is 14.7 Å². The topological polar surface area (TPSA) is 66.4 Å². The molecule has 1 unspecified atom stereocenters. The smallest absolute Gasteiger partial charge is 0.230 e. The zero-order valence-electron chi connectivity index (χ0n) is 8.17. The summed E-state index contributed by atoms with van der Waals surface area (Å²) in [5, 5.41) is 11.1. The van der Waals surface area contributed by atoms with Crippen molar-refractivity contribution in [2.45, 2.75) is 26.7 Å². The summed E-state index contributed by atoms with van der Waals surface area (Å²) < 4.78 is 0. The van der Waals surface area contributed by atoms with Gasteiger partial charge in [-0.05, 0) is 26.7 Å². The number of Topliss-reactive ketones (excluding diaryl/α,β-unsaturated/α-hetero) is 1. The third kappa shape index (κ3) is 5.36. The van der Waals surface area contributed by atoms with Crippen molar-refractivity contribution in [1.82, 2.24) is 5.32 Å². The van der Waals surface area contributed by atoms with Gasteiger partial charge < -0.3 is 10.4 Å². The van der Waals surface area contributed by atoms with E-state index in [-0.39, 0.29) is 18.3 Å². The number of unbranched alkanes of at least 4 members (excludes halogenated alkanes) is 1. The quantitative estimate of drug-likeness (QED) is 0.458. The van der Waals surface area contributed by atoms with E-state index in [4.69, 9.17) is 5.11 Å². The minimum Gasteiger partial charge on any atom is -0.396 e. The number of hydrogen-bond acceptors (Lipinski definition) is 3. The van der Waals surface area contributed by atoms with Crippen LogP contribution in [0, 0.1) is 5.92 Å². The Balaban J connectivity index is 3.56. The molecule has 76 valence electrons. The molecule has 4 nitrogen and oxygen atoms in total. The first-order valence-electron chi connectivity index (χ1n) is 4.48. The third-order valence-corrected chi connectivity index (χ3v) is 1.89. The Morgan fingerprint density at radius 2 is 2.00 bits per heavy atom. The molecule has 4 heteroatoms. The lowest BCUT2D eigenvalue weighted by atomic mass is 10.1. The standard InChI is InChI=1S/C9H17NO3/c1-7(8(2)12)9(13)10-5-3-4-6-11/h7,11H,3-6H2,1-2H3,(H,10,13). The number of aliphatic hydroxyl groups excluding tert-OH is 1. The Morgan fingerprint density at radius 1 is 1.38 bits per heavy atom. The Bertz CT molecular complexity index is 180. The van der Waals surface area contributed by atoms with Gasteiger partial charge in [0.2, 0.25) is 5.91 Å². The van der Waals surface area contributed by atoms with Gasteiger partial charge in [0.05, 0.1) is 5.92 Å². The molecular formula is C9H17NO3. The average molecular weight is 187 g/mol. The number of rotatable bonds is 6. The highest BCUT2D eigenvalue weighted by molar-refractivity contribution is 5.99. The highest BCUT2D eigenvalue weighted by atomic mass is 16.3. The van der Waals surface area contributed by atoms with Gasteiger partial charge in [-0.25, -0.2) is 0 Å². The first-order chi connectivity index (χ1) is 6.09. The van der Waals surface area contributed by atoms with E-state index >= 15 is 0 Å². The average Bonchev–Trinajstić information content (AvgIpc) is 2.10. The fourth-order valence-corrected chi connectivity index (χ4v) is 0.786. The van der Waals surface area contributed by atoms with Crippen LogP contribution < -0.4 is 5.32 Å². The molecule has 0 heterocycles. The van der Waals surface area contributed by atoms with Crippen LogP contribution in [0.25, 0.3) is 0 Å². The van der Waals surface area contributed by atoms with E-state index in [9.17, 15) is 9.59 Å². The van der Waals surface area contributed by atoms with Gasteiger partial charge in [0.15, 0.2) is 0 Å². The first kappa shape index (κ1) is 12.1. The molecule has 0 aromatic rings. The lowest BCUT2D eigenvalue weighted by Gasteiger charge is -2.08. The van der Waals surface area contributed by atoms with Crippen molar-refractivity contribution >= 4 is 11.7 Å². The van der Waals surface area contributed by atoms with E-state index in [1.165, 1.54) is 6.92 Å². The Morgan fingerprint density at radius 3 is 2.46 bits per heavy atom. The van der Waals surface area contributed by atoms with Crippen LogP contribution in [-0.2, 0) is 9.59 Å². The molecule has 0 radical (unpaired) electrons. The summed E-state index contributed by atoms with van der Waals surface area (Å²) in [5.74, 6) is -0.917. The molecule has 0 bridgehead atoms. The molecule has 13 heavy (non-hydrogen) atoms. The molecule has 1 atom stereocenters. The highest BCUT2D eigenvalue weighted by Gasteiger charge is 2.16. The number of carbonyl (C=O) groups excluding carboxylic acids is 2. The maximum absolute atomic E-state index is 11.2. The van der Waals surface area contributed by atoms with Crippen molar-refractivity contribution in [3.8, 4) is 0 Å². The van der Waals surface area contributed by atoms with Gasteiger partial charge in [-0.15, -0.1) is 0 Å². The third-order valence-electron chi connectivity index (χ3n) is 1.89. The Kier molecular flexibility index (Phi) is 6.14. The SMILES string of the molecule is CC(=O)C(C)C(=O)NCCCCO. The van der Waals surface area contributed by atoms with E-state index in [1.54, 1.807) is 6.92 Å². The largest absolute Gasteiger partial charge is 0.396 e. The van der Waals surface area contributed by atoms with E-state index in [1.807, 2.05) is 0 Å². The van der Waals surface area contributed by atoms with E-state index in [2.05, 4.69) is 5.32 Å². The predicted molar refractivity (Wildman–Crippen MR) is 49.2 cm³/mol.